The Balaban J connectivity index is 2.73. The van der Waals surface area contributed by atoms with Gasteiger partial charge in [0.15, 0.2) is 0 Å². The lowest BCUT2D eigenvalue weighted by Crippen LogP contribution is -2.18. The van der Waals surface area contributed by atoms with Crippen molar-refractivity contribution >= 4 is 36.6 Å². The fraction of sp³-hybridized carbons (Fsp3) is 0.471. The Bertz CT molecular complexity index is 753. The van der Waals surface area contributed by atoms with Crippen LogP contribution in [0.15, 0.2) is 30.6 Å². The highest BCUT2D eigenvalue weighted by atomic mass is 31.2. The van der Waals surface area contributed by atoms with E-state index >= 15 is 0 Å². The molecule has 0 radical (unpaired) electrons. The van der Waals surface area contributed by atoms with Crippen molar-refractivity contribution in [3.63, 3.8) is 0 Å². The monoisotopic (exact) mass is 401 g/mol. The molecule has 0 aliphatic heterocycles. The molecule has 7 nitrogen and oxygen atoms in total. The first-order valence-electron chi connectivity index (χ1n) is 8.61. The average Bonchev–Trinajstić information content (AvgIpc) is 2.61. The molecule has 0 aliphatic carbocycles. The highest BCUT2D eigenvalue weighted by molar-refractivity contribution is 7.63. The molecule has 0 saturated carbocycles. The van der Waals surface area contributed by atoms with Crippen LogP contribution in [0.2, 0.25) is 0 Å². The molecule has 0 atom stereocenters. The number of benzene rings is 1. The van der Waals surface area contributed by atoms with E-state index in [2.05, 4.69) is 4.98 Å². The van der Waals surface area contributed by atoms with Crippen molar-refractivity contribution in [2.75, 3.05) is 26.4 Å². The first-order valence-corrected chi connectivity index (χ1v) is 11.7. The fourth-order valence-electron chi connectivity index (χ4n) is 2.67. The summed E-state index contributed by atoms with van der Waals surface area (Å²) in [6, 6.07) is 4.89. The minimum atomic E-state index is -3.53. The number of rotatable bonds is 10. The van der Waals surface area contributed by atoms with Crippen LogP contribution < -0.4 is 10.6 Å². The molecule has 9 heteroatoms. The molecule has 1 aromatic carbocycles. The van der Waals surface area contributed by atoms with Gasteiger partial charge in [-0.05, 0) is 45.9 Å². The Morgan fingerprint density at radius 3 is 1.58 bits per heavy atom. The third-order valence-electron chi connectivity index (χ3n) is 3.56. The summed E-state index contributed by atoms with van der Waals surface area (Å²) in [5.74, 6) is 0. The summed E-state index contributed by atoms with van der Waals surface area (Å²) in [5.41, 5.74) is 0. The van der Waals surface area contributed by atoms with Crippen LogP contribution in [-0.4, -0.2) is 31.4 Å². The predicted octanol–water partition coefficient (Wildman–Crippen LogP) is 4.02. The van der Waals surface area contributed by atoms with Gasteiger partial charge in [0.1, 0.15) is 0 Å². The maximum absolute atomic E-state index is 13.2. The summed E-state index contributed by atoms with van der Waals surface area (Å²) in [4.78, 5) is 4.12. The van der Waals surface area contributed by atoms with Crippen molar-refractivity contribution in [2.24, 2.45) is 0 Å². The zero-order chi connectivity index (χ0) is 19.2. The van der Waals surface area contributed by atoms with Crippen molar-refractivity contribution in [1.82, 2.24) is 4.98 Å². The Morgan fingerprint density at radius 2 is 1.15 bits per heavy atom. The summed E-state index contributed by atoms with van der Waals surface area (Å²) in [5, 5.41) is 1.91. The molecule has 0 amide bonds. The molecule has 0 unspecified atom stereocenters. The summed E-state index contributed by atoms with van der Waals surface area (Å²) in [6.07, 6.45) is 3.13. The van der Waals surface area contributed by atoms with Crippen molar-refractivity contribution in [3.8, 4) is 0 Å². The minimum absolute atomic E-state index is 0.233. The van der Waals surface area contributed by atoms with Gasteiger partial charge in [-0.25, -0.2) is 0 Å². The lowest BCUT2D eigenvalue weighted by Gasteiger charge is -2.22. The predicted molar refractivity (Wildman–Crippen MR) is 103 cm³/mol. The zero-order valence-corrected chi connectivity index (χ0v) is 17.3. The van der Waals surface area contributed by atoms with Crippen LogP contribution in [0.1, 0.15) is 27.7 Å². The second-order valence-electron chi connectivity index (χ2n) is 5.19. The molecular formula is C17H25NO6P2. The number of hydrogen-bond donors (Lipinski definition) is 0. The molecular weight excluding hydrogens is 376 g/mol. The molecule has 1 aromatic heterocycles. The van der Waals surface area contributed by atoms with E-state index in [-0.39, 0.29) is 26.4 Å². The van der Waals surface area contributed by atoms with Crippen LogP contribution in [0.3, 0.4) is 0 Å². The topological polar surface area (TPSA) is 84.0 Å². The number of nitrogens with zero attached hydrogens (tertiary/aromatic N) is 1. The molecule has 26 heavy (non-hydrogen) atoms. The third kappa shape index (κ3) is 4.25. The SMILES string of the molecule is CCOP(=O)(OCC)c1ccc(P(=O)(OCC)OCC)c2cnccc12. The van der Waals surface area contributed by atoms with Gasteiger partial charge in [0.05, 0.1) is 37.0 Å². The molecule has 0 fully saturated rings. The van der Waals surface area contributed by atoms with Gasteiger partial charge < -0.3 is 18.1 Å². The molecule has 144 valence electrons. The quantitative estimate of drug-likeness (QED) is 0.556. The summed E-state index contributed by atoms with van der Waals surface area (Å²) >= 11 is 0. The fourth-order valence-corrected chi connectivity index (χ4v) is 6.21. The van der Waals surface area contributed by atoms with Crippen molar-refractivity contribution in [2.45, 2.75) is 27.7 Å². The van der Waals surface area contributed by atoms with Crippen LogP contribution >= 0.6 is 15.2 Å². The lowest BCUT2D eigenvalue weighted by molar-refractivity contribution is 0.228. The van der Waals surface area contributed by atoms with Crippen LogP contribution in [-0.2, 0) is 27.2 Å². The van der Waals surface area contributed by atoms with Crippen LogP contribution in [0, 0.1) is 0 Å². The lowest BCUT2D eigenvalue weighted by atomic mass is 10.2. The van der Waals surface area contributed by atoms with Gasteiger partial charge in [-0.15, -0.1) is 0 Å². The summed E-state index contributed by atoms with van der Waals surface area (Å²) in [6.45, 7) is 7.94. The molecule has 1 heterocycles. The van der Waals surface area contributed by atoms with Crippen LogP contribution in [0.4, 0.5) is 0 Å². The Kier molecular flexibility index (Phi) is 7.53. The maximum atomic E-state index is 13.2. The Labute approximate surface area is 154 Å². The van der Waals surface area contributed by atoms with Gasteiger partial charge in [-0.1, -0.05) is 0 Å². The van der Waals surface area contributed by atoms with Gasteiger partial charge in [0, 0.05) is 23.2 Å². The van der Waals surface area contributed by atoms with Crippen molar-refractivity contribution < 1.29 is 27.2 Å². The molecule has 0 aliphatic rings. The summed E-state index contributed by atoms with van der Waals surface area (Å²) in [7, 11) is -7.05. The number of hydrogen-bond acceptors (Lipinski definition) is 7. The van der Waals surface area contributed by atoms with Gasteiger partial charge in [-0.2, -0.15) is 0 Å². The van der Waals surface area contributed by atoms with E-state index in [9.17, 15) is 9.13 Å². The molecule has 0 bridgehead atoms. The Morgan fingerprint density at radius 1 is 0.731 bits per heavy atom. The highest BCUT2D eigenvalue weighted by Crippen LogP contribution is 2.51. The second-order valence-corrected chi connectivity index (χ2v) is 9.18. The van der Waals surface area contributed by atoms with E-state index in [1.807, 2.05) is 0 Å². The molecule has 0 saturated heterocycles. The van der Waals surface area contributed by atoms with Gasteiger partial charge in [0.2, 0.25) is 0 Å². The second kappa shape index (κ2) is 9.23. The van der Waals surface area contributed by atoms with Gasteiger partial charge >= 0.3 is 15.2 Å². The average molecular weight is 401 g/mol. The summed E-state index contributed by atoms with van der Waals surface area (Å²) < 4.78 is 48.3. The number of aromatic nitrogens is 1. The standard InChI is InChI=1S/C17H25NO6P2/c1-5-21-25(19,22-6-2)16-9-10-17(15-13-18-12-11-14(15)16)26(20,23-7-3)24-8-4/h9-13H,5-8H2,1-4H3. The first-order chi connectivity index (χ1) is 12.5. The largest absolute Gasteiger partial charge is 0.361 e. The Hall–Kier alpha value is -1.07. The van der Waals surface area contributed by atoms with E-state index in [0.717, 1.165) is 0 Å². The van der Waals surface area contributed by atoms with Crippen LogP contribution in [0.25, 0.3) is 10.8 Å². The molecule has 2 rings (SSSR count). The normalized spacial score (nSPS) is 12.6. The third-order valence-corrected chi connectivity index (χ3v) is 7.91. The zero-order valence-electron chi connectivity index (χ0n) is 15.5. The van der Waals surface area contributed by atoms with Crippen molar-refractivity contribution in [1.29, 1.82) is 0 Å². The minimum Gasteiger partial charge on any atom is -0.305 e. The van der Waals surface area contributed by atoms with Crippen molar-refractivity contribution in [3.05, 3.63) is 30.6 Å². The van der Waals surface area contributed by atoms with E-state index in [1.165, 1.54) is 0 Å². The molecule has 0 spiro atoms. The van der Waals surface area contributed by atoms with Crippen LogP contribution in [0.5, 0.6) is 0 Å². The van der Waals surface area contributed by atoms with Gasteiger partial charge in [0.25, 0.3) is 0 Å². The molecule has 2 aromatic rings. The highest BCUT2D eigenvalue weighted by Gasteiger charge is 2.34. The van der Waals surface area contributed by atoms with E-state index in [1.54, 1.807) is 58.3 Å². The van der Waals surface area contributed by atoms with E-state index in [0.29, 0.717) is 21.4 Å². The smallest absolute Gasteiger partial charge is 0.305 e. The first kappa shape index (κ1) is 21.2. The number of fused-ring (bicyclic) bond motifs is 1. The molecule has 0 N–H and O–H groups in total. The van der Waals surface area contributed by atoms with Gasteiger partial charge in [-0.3, -0.25) is 14.1 Å². The maximum Gasteiger partial charge on any atom is 0.361 e. The number of pyridine rings is 1. The van der Waals surface area contributed by atoms with E-state index < -0.39 is 15.2 Å². The van der Waals surface area contributed by atoms with E-state index in [4.69, 9.17) is 18.1 Å².